The highest BCUT2D eigenvalue weighted by Gasteiger charge is 2.35. The number of nitrogens with zero attached hydrogens (tertiary/aromatic N) is 1. The summed E-state index contributed by atoms with van der Waals surface area (Å²) in [6, 6.07) is 0. The van der Waals surface area contributed by atoms with E-state index in [9.17, 15) is 4.79 Å². The van der Waals surface area contributed by atoms with E-state index in [4.69, 9.17) is 5.11 Å². The molecule has 98 valence electrons. The summed E-state index contributed by atoms with van der Waals surface area (Å²) in [6.07, 6.45) is 11.0. The molecule has 1 aliphatic heterocycles. The van der Waals surface area contributed by atoms with Crippen LogP contribution in [0.1, 0.15) is 57.8 Å². The third-order valence-electron chi connectivity index (χ3n) is 4.70. The predicted octanol–water partition coefficient (Wildman–Crippen LogP) is 2.90. The molecule has 17 heavy (non-hydrogen) atoms. The highest BCUT2D eigenvalue weighted by molar-refractivity contribution is 5.66. The van der Waals surface area contributed by atoms with Crippen LogP contribution >= 0.6 is 0 Å². The smallest absolute Gasteiger partial charge is 0.303 e. The van der Waals surface area contributed by atoms with Crippen molar-refractivity contribution in [2.75, 3.05) is 19.6 Å². The Morgan fingerprint density at radius 1 is 1.06 bits per heavy atom. The second-order valence-electron chi connectivity index (χ2n) is 5.90. The van der Waals surface area contributed by atoms with E-state index in [2.05, 4.69) is 4.90 Å². The molecule has 0 aromatic heterocycles. The number of carbonyl (C=O) groups is 1. The van der Waals surface area contributed by atoms with E-state index in [1.807, 2.05) is 0 Å². The zero-order valence-electron chi connectivity index (χ0n) is 10.8. The molecule has 3 heteroatoms. The number of hydrogen-bond acceptors (Lipinski definition) is 2. The first kappa shape index (κ1) is 12.9. The van der Waals surface area contributed by atoms with Crippen LogP contribution in [0.4, 0.5) is 0 Å². The normalized spacial score (nSPS) is 24.9. The van der Waals surface area contributed by atoms with Gasteiger partial charge in [-0.1, -0.05) is 19.3 Å². The summed E-state index contributed by atoms with van der Waals surface area (Å²) >= 11 is 0. The number of carboxylic acids is 1. The topological polar surface area (TPSA) is 40.5 Å². The summed E-state index contributed by atoms with van der Waals surface area (Å²) in [5.74, 6) is -0.661. The van der Waals surface area contributed by atoms with E-state index in [1.54, 1.807) is 0 Å². The number of carboxylic acid groups (broad SMARTS) is 1. The van der Waals surface area contributed by atoms with Crippen LogP contribution in [0.15, 0.2) is 0 Å². The lowest BCUT2D eigenvalue weighted by atomic mass is 9.68. The van der Waals surface area contributed by atoms with E-state index in [0.29, 0.717) is 11.8 Å². The largest absolute Gasteiger partial charge is 0.481 e. The minimum atomic E-state index is -0.661. The summed E-state index contributed by atoms with van der Waals surface area (Å²) in [5, 5.41) is 8.62. The van der Waals surface area contributed by atoms with Crippen molar-refractivity contribution >= 4 is 5.97 Å². The SMILES string of the molecule is O=C(O)CCCN1CCC2(CCCCC2)CC1. The molecule has 3 nitrogen and oxygen atoms in total. The Morgan fingerprint density at radius 2 is 1.71 bits per heavy atom. The molecule has 0 radical (unpaired) electrons. The van der Waals surface area contributed by atoms with Gasteiger partial charge in [0.1, 0.15) is 0 Å². The van der Waals surface area contributed by atoms with Gasteiger partial charge in [-0.2, -0.15) is 0 Å². The van der Waals surface area contributed by atoms with Crippen LogP contribution in [0.5, 0.6) is 0 Å². The van der Waals surface area contributed by atoms with Crippen LogP contribution in [0.25, 0.3) is 0 Å². The van der Waals surface area contributed by atoms with Crippen molar-refractivity contribution in [3.63, 3.8) is 0 Å². The average Bonchev–Trinajstić information content (AvgIpc) is 2.33. The van der Waals surface area contributed by atoms with Gasteiger partial charge < -0.3 is 10.0 Å². The van der Waals surface area contributed by atoms with Crippen molar-refractivity contribution in [1.82, 2.24) is 4.90 Å². The molecule has 0 atom stereocenters. The van der Waals surface area contributed by atoms with Crippen LogP contribution in [0.2, 0.25) is 0 Å². The molecule has 2 fully saturated rings. The highest BCUT2D eigenvalue weighted by atomic mass is 16.4. The molecular weight excluding hydrogens is 214 g/mol. The van der Waals surface area contributed by atoms with Crippen LogP contribution in [0, 0.1) is 5.41 Å². The van der Waals surface area contributed by atoms with Crippen molar-refractivity contribution in [2.24, 2.45) is 5.41 Å². The summed E-state index contributed by atoms with van der Waals surface area (Å²) in [5.41, 5.74) is 0.668. The van der Waals surface area contributed by atoms with Gasteiger partial charge in [0.25, 0.3) is 0 Å². The van der Waals surface area contributed by atoms with Crippen LogP contribution < -0.4 is 0 Å². The van der Waals surface area contributed by atoms with Gasteiger partial charge in [-0.25, -0.2) is 0 Å². The van der Waals surface area contributed by atoms with Crippen molar-refractivity contribution < 1.29 is 9.90 Å². The first-order valence-corrected chi connectivity index (χ1v) is 7.14. The molecule has 2 rings (SSSR count). The number of rotatable bonds is 4. The molecule has 2 aliphatic rings. The zero-order chi connectivity index (χ0) is 12.1. The number of likely N-dealkylation sites (tertiary alicyclic amines) is 1. The second-order valence-corrected chi connectivity index (χ2v) is 5.90. The summed E-state index contributed by atoms with van der Waals surface area (Å²) in [7, 11) is 0. The molecule has 1 saturated carbocycles. The van der Waals surface area contributed by atoms with Gasteiger partial charge in [0.15, 0.2) is 0 Å². The quantitative estimate of drug-likeness (QED) is 0.820. The first-order chi connectivity index (χ1) is 8.20. The Morgan fingerprint density at radius 3 is 2.29 bits per heavy atom. The van der Waals surface area contributed by atoms with Crippen molar-refractivity contribution in [1.29, 1.82) is 0 Å². The molecule has 0 unspecified atom stereocenters. The Kier molecular flexibility index (Phi) is 4.43. The van der Waals surface area contributed by atoms with Crippen LogP contribution in [-0.2, 0) is 4.79 Å². The maximum atomic E-state index is 10.5. The van der Waals surface area contributed by atoms with Gasteiger partial charge >= 0.3 is 5.97 Å². The molecule has 1 N–H and O–H groups in total. The summed E-state index contributed by atoms with van der Waals surface area (Å²) < 4.78 is 0. The number of hydrogen-bond donors (Lipinski definition) is 1. The third kappa shape index (κ3) is 3.70. The average molecular weight is 239 g/mol. The number of piperidine rings is 1. The van der Waals surface area contributed by atoms with Crippen molar-refractivity contribution in [3.05, 3.63) is 0 Å². The fourth-order valence-corrected chi connectivity index (χ4v) is 3.51. The molecule has 1 spiro atoms. The maximum Gasteiger partial charge on any atom is 0.303 e. The first-order valence-electron chi connectivity index (χ1n) is 7.14. The second kappa shape index (κ2) is 5.85. The van der Waals surface area contributed by atoms with E-state index < -0.39 is 5.97 Å². The summed E-state index contributed by atoms with van der Waals surface area (Å²) in [6.45, 7) is 3.36. The lowest BCUT2D eigenvalue weighted by Gasteiger charge is -2.44. The maximum absolute atomic E-state index is 10.5. The minimum Gasteiger partial charge on any atom is -0.481 e. The van der Waals surface area contributed by atoms with Gasteiger partial charge in [0.05, 0.1) is 0 Å². The Balaban J connectivity index is 1.68. The molecule has 0 aromatic rings. The van der Waals surface area contributed by atoms with Crippen LogP contribution in [-0.4, -0.2) is 35.6 Å². The predicted molar refractivity (Wildman–Crippen MR) is 68.1 cm³/mol. The van der Waals surface area contributed by atoms with Gasteiger partial charge in [-0.15, -0.1) is 0 Å². The van der Waals surface area contributed by atoms with Crippen molar-refractivity contribution in [3.8, 4) is 0 Å². The van der Waals surface area contributed by atoms with Gasteiger partial charge in [0.2, 0.25) is 0 Å². The molecule has 1 aliphatic carbocycles. The standard InChI is InChI=1S/C14H25NO2/c16-13(17)5-4-10-15-11-8-14(9-12-15)6-2-1-3-7-14/h1-12H2,(H,16,17). The third-order valence-corrected chi connectivity index (χ3v) is 4.70. The Labute approximate surface area is 104 Å². The lowest BCUT2D eigenvalue weighted by Crippen LogP contribution is -2.41. The van der Waals surface area contributed by atoms with Gasteiger partial charge in [0, 0.05) is 6.42 Å². The minimum absolute atomic E-state index is 0.321. The number of aliphatic carboxylic acids is 1. The Bertz CT molecular complexity index is 249. The van der Waals surface area contributed by atoms with Gasteiger partial charge in [-0.05, 0) is 57.2 Å². The Hall–Kier alpha value is -0.570. The van der Waals surface area contributed by atoms with Crippen molar-refractivity contribution in [2.45, 2.75) is 57.8 Å². The van der Waals surface area contributed by atoms with E-state index in [1.165, 1.54) is 58.0 Å². The highest BCUT2D eigenvalue weighted by Crippen LogP contribution is 2.44. The fraction of sp³-hybridized carbons (Fsp3) is 0.929. The zero-order valence-corrected chi connectivity index (χ0v) is 10.8. The monoisotopic (exact) mass is 239 g/mol. The lowest BCUT2D eigenvalue weighted by molar-refractivity contribution is -0.137. The molecule has 0 amide bonds. The van der Waals surface area contributed by atoms with Gasteiger partial charge in [-0.3, -0.25) is 4.79 Å². The van der Waals surface area contributed by atoms with E-state index >= 15 is 0 Å². The summed E-state index contributed by atoms with van der Waals surface area (Å²) in [4.78, 5) is 12.9. The molecule has 0 bridgehead atoms. The fourth-order valence-electron chi connectivity index (χ4n) is 3.51. The molecule has 1 saturated heterocycles. The van der Waals surface area contributed by atoms with E-state index in [-0.39, 0.29) is 0 Å². The molecular formula is C14H25NO2. The molecule has 0 aromatic carbocycles. The van der Waals surface area contributed by atoms with Crippen LogP contribution in [0.3, 0.4) is 0 Å². The van der Waals surface area contributed by atoms with E-state index in [0.717, 1.165) is 13.0 Å². The molecule has 1 heterocycles.